The summed E-state index contributed by atoms with van der Waals surface area (Å²) < 4.78 is 5.35. The molecule has 1 aromatic heterocycles. The number of amides is 1. The Morgan fingerprint density at radius 2 is 1.96 bits per heavy atom. The molecule has 8 heteroatoms. The van der Waals surface area contributed by atoms with Crippen molar-refractivity contribution in [3.8, 4) is 17.1 Å². The minimum atomic E-state index is 0.133. The predicted octanol–water partition coefficient (Wildman–Crippen LogP) is 4.65. The molecule has 0 aliphatic carbocycles. The van der Waals surface area contributed by atoms with E-state index in [2.05, 4.69) is 29.0 Å². The number of ether oxygens (including phenoxy) is 1. The van der Waals surface area contributed by atoms with Crippen LogP contribution in [0.3, 0.4) is 0 Å². The van der Waals surface area contributed by atoms with Gasteiger partial charge in [-0.3, -0.25) is 9.89 Å². The number of benzene rings is 1. The number of methoxy groups -OCH3 is 1. The average molecular weight is 411 g/mol. The van der Waals surface area contributed by atoms with Crippen molar-refractivity contribution in [1.29, 1.82) is 0 Å². The van der Waals surface area contributed by atoms with Gasteiger partial charge in [0.25, 0.3) is 0 Å². The van der Waals surface area contributed by atoms with Gasteiger partial charge in [0.15, 0.2) is 5.82 Å². The van der Waals surface area contributed by atoms with E-state index in [1.54, 1.807) is 25.3 Å². The van der Waals surface area contributed by atoms with Crippen LogP contribution in [0.1, 0.15) is 39.5 Å². The molecule has 27 heavy (non-hydrogen) atoms. The molecule has 0 bridgehead atoms. The lowest BCUT2D eigenvalue weighted by Crippen LogP contribution is -2.34. The third-order valence-corrected chi connectivity index (χ3v) is 5.19. The zero-order chi connectivity index (χ0) is 19.6. The number of unbranched alkanes of at least 4 members (excludes halogenated alkanes) is 2. The summed E-state index contributed by atoms with van der Waals surface area (Å²) in [5.41, 5.74) is 0.739. The van der Waals surface area contributed by atoms with Gasteiger partial charge in [0.1, 0.15) is 5.75 Å². The lowest BCUT2D eigenvalue weighted by molar-refractivity contribution is -0.128. The van der Waals surface area contributed by atoms with Crippen molar-refractivity contribution in [3.63, 3.8) is 0 Å². The lowest BCUT2D eigenvalue weighted by atomic mass is 10.2. The fourth-order valence-electron chi connectivity index (χ4n) is 2.57. The van der Waals surface area contributed by atoms with Gasteiger partial charge < -0.3 is 9.64 Å². The van der Waals surface area contributed by atoms with Crippen LogP contribution < -0.4 is 4.74 Å². The smallest absolute Gasteiger partial charge is 0.233 e. The van der Waals surface area contributed by atoms with Crippen LogP contribution in [0.5, 0.6) is 5.75 Å². The van der Waals surface area contributed by atoms with E-state index in [0.29, 0.717) is 27.5 Å². The van der Waals surface area contributed by atoms with Crippen molar-refractivity contribution in [1.82, 2.24) is 20.1 Å². The largest absolute Gasteiger partial charge is 0.496 e. The number of nitrogens with zero attached hydrogens (tertiary/aromatic N) is 3. The molecule has 0 saturated heterocycles. The van der Waals surface area contributed by atoms with E-state index in [4.69, 9.17) is 16.3 Å². The number of thioether (sulfide) groups is 1. The Labute approximate surface area is 170 Å². The number of halogens is 1. The molecule has 6 nitrogen and oxygen atoms in total. The highest BCUT2D eigenvalue weighted by Gasteiger charge is 2.16. The second-order valence-electron chi connectivity index (χ2n) is 6.19. The maximum atomic E-state index is 12.6. The van der Waals surface area contributed by atoms with Crippen LogP contribution in [0.4, 0.5) is 0 Å². The van der Waals surface area contributed by atoms with Crippen molar-refractivity contribution in [2.45, 2.75) is 44.7 Å². The highest BCUT2D eigenvalue weighted by molar-refractivity contribution is 7.99. The van der Waals surface area contributed by atoms with Gasteiger partial charge in [-0.1, -0.05) is 50.1 Å². The Bertz CT molecular complexity index is 730. The summed E-state index contributed by atoms with van der Waals surface area (Å²) in [6.45, 7) is 5.90. The molecule has 1 N–H and O–H groups in total. The highest BCUT2D eigenvalue weighted by Crippen LogP contribution is 2.31. The summed E-state index contributed by atoms with van der Waals surface area (Å²) in [5, 5.41) is 8.24. The zero-order valence-corrected chi connectivity index (χ0v) is 17.7. The number of carbonyl (C=O) groups excluding carboxylic acids is 1. The van der Waals surface area contributed by atoms with Crippen molar-refractivity contribution in [2.24, 2.45) is 0 Å². The Kier molecular flexibility index (Phi) is 8.94. The Morgan fingerprint density at radius 3 is 2.59 bits per heavy atom. The van der Waals surface area contributed by atoms with Gasteiger partial charge in [0, 0.05) is 18.1 Å². The van der Waals surface area contributed by atoms with Crippen LogP contribution in [-0.4, -0.2) is 51.9 Å². The molecule has 0 aliphatic rings. The first-order valence-electron chi connectivity index (χ1n) is 9.25. The number of nitrogens with one attached hydrogen (secondary N) is 1. The molecule has 2 rings (SSSR count). The van der Waals surface area contributed by atoms with Crippen molar-refractivity contribution in [2.75, 3.05) is 26.0 Å². The second-order valence-corrected chi connectivity index (χ2v) is 7.57. The maximum Gasteiger partial charge on any atom is 0.233 e. The molecule has 0 unspecified atom stereocenters. The van der Waals surface area contributed by atoms with Crippen LogP contribution in [0.15, 0.2) is 23.4 Å². The van der Waals surface area contributed by atoms with Crippen LogP contribution in [0, 0.1) is 0 Å². The van der Waals surface area contributed by atoms with Gasteiger partial charge in [-0.2, -0.15) is 0 Å². The fourth-order valence-corrected chi connectivity index (χ4v) is 3.45. The second kappa shape index (κ2) is 11.2. The first-order chi connectivity index (χ1) is 13.1. The molecular weight excluding hydrogens is 384 g/mol. The molecule has 0 saturated carbocycles. The molecule has 2 aromatic rings. The van der Waals surface area contributed by atoms with Crippen LogP contribution in [-0.2, 0) is 4.79 Å². The van der Waals surface area contributed by atoms with Gasteiger partial charge in [0.05, 0.1) is 18.4 Å². The van der Waals surface area contributed by atoms with E-state index < -0.39 is 0 Å². The normalized spacial score (nSPS) is 10.8. The maximum absolute atomic E-state index is 12.6. The Balaban J connectivity index is 2.00. The van der Waals surface area contributed by atoms with E-state index >= 15 is 0 Å². The molecule has 148 valence electrons. The van der Waals surface area contributed by atoms with E-state index in [9.17, 15) is 4.79 Å². The summed E-state index contributed by atoms with van der Waals surface area (Å²) in [4.78, 5) is 19.0. The monoisotopic (exact) mass is 410 g/mol. The SMILES string of the molecule is CCCCN(CCCC)C(=O)CSc1n[nH]c(-c2cc(Cl)ccc2OC)n1. The number of carbonyl (C=O) groups is 1. The van der Waals surface area contributed by atoms with Gasteiger partial charge in [-0.25, -0.2) is 4.98 Å². The van der Waals surface area contributed by atoms with E-state index in [-0.39, 0.29) is 5.91 Å². The number of aromatic amines is 1. The van der Waals surface area contributed by atoms with Gasteiger partial charge in [-0.15, -0.1) is 5.10 Å². The molecular formula is C19H27ClN4O2S. The van der Waals surface area contributed by atoms with E-state index in [0.717, 1.165) is 44.3 Å². The average Bonchev–Trinajstić information content (AvgIpc) is 3.15. The van der Waals surface area contributed by atoms with Gasteiger partial charge in [0.2, 0.25) is 11.1 Å². The van der Waals surface area contributed by atoms with Crippen molar-refractivity contribution in [3.05, 3.63) is 23.2 Å². The van der Waals surface area contributed by atoms with Gasteiger partial charge in [-0.05, 0) is 31.0 Å². The summed E-state index contributed by atoms with van der Waals surface area (Å²) in [6, 6.07) is 5.32. The number of H-pyrrole nitrogens is 1. The van der Waals surface area contributed by atoms with Crippen LogP contribution >= 0.6 is 23.4 Å². The summed E-state index contributed by atoms with van der Waals surface area (Å²) in [6.07, 6.45) is 4.21. The fraction of sp³-hybridized carbons (Fsp3) is 0.526. The molecule has 0 spiro atoms. The summed E-state index contributed by atoms with van der Waals surface area (Å²) in [7, 11) is 1.60. The molecule has 0 aliphatic heterocycles. The summed E-state index contributed by atoms with van der Waals surface area (Å²) >= 11 is 7.42. The molecule has 1 heterocycles. The van der Waals surface area contributed by atoms with Crippen molar-refractivity contribution >= 4 is 29.3 Å². The van der Waals surface area contributed by atoms with E-state index in [1.165, 1.54) is 11.8 Å². The minimum absolute atomic E-state index is 0.133. The Hall–Kier alpha value is -1.73. The van der Waals surface area contributed by atoms with Crippen LogP contribution in [0.25, 0.3) is 11.4 Å². The predicted molar refractivity (Wildman–Crippen MR) is 111 cm³/mol. The molecule has 0 fully saturated rings. The lowest BCUT2D eigenvalue weighted by Gasteiger charge is -2.22. The molecule has 1 amide bonds. The third-order valence-electron chi connectivity index (χ3n) is 4.12. The number of aromatic nitrogens is 3. The third kappa shape index (κ3) is 6.43. The summed E-state index contributed by atoms with van der Waals surface area (Å²) in [5.74, 6) is 1.69. The van der Waals surface area contributed by atoms with Gasteiger partial charge >= 0.3 is 0 Å². The first kappa shape index (κ1) is 21.6. The van der Waals surface area contributed by atoms with Crippen LogP contribution in [0.2, 0.25) is 5.02 Å². The molecule has 0 radical (unpaired) electrons. The molecule has 0 atom stereocenters. The topological polar surface area (TPSA) is 71.1 Å². The Morgan fingerprint density at radius 1 is 1.26 bits per heavy atom. The molecule has 1 aromatic carbocycles. The standard InChI is InChI=1S/C19H27ClN4O2S/c1-4-6-10-24(11-7-5-2)17(25)13-27-19-21-18(22-23-19)15-12-14(20)8-9-16(15)26-3/h8-9,12H,4-7,10-11,13H2,1-3H3,(H,21,22,23). The number of rotatable bonds is 11. The minimum Gasteiger partial charge on any atom is -0.496 e. The quantitative estimate of drug-likeness (QED) is 0.545. The number of hydrogen-bond donors (Lipinski definition) is 1. The number of hydrogen-bond acceptors (Lipinski definition) is 5. The van der Waals surface area contributed by atoms with E-state index in [1.807, 2.05) is 4.90 Å². The zero-order valence-electron chi connectivity index (χ0n) is 16.1. The first-order valence-corrected chi connectivity index (χ1v) is 10.6. The highest BCUT2D eigenvalue weighted by atomic mass is 35.5. The van der Waals surface area contributed by atoms with Crippen molar-refractivity contribution < 1.29 is 9.53 Å².